The maximum atomic E-state index is 5.21. The van der Waals surface area contributed by atoms with Crippen LogP contribution in [0.1, 0.15) is 97.8 Å². The molecule has 4 heterocycles. The van der Waals surface area contributed by atoms with Crippen LogP contribution in [0.3, 0.4) is 0 Å². The first-order valence-electron chi connectivity index (χ1n) is 21.4. The third-order valence-electron chi connectivity index (χ3n) is 10.7. The van der Waals surface area contributed by atoms with E-state index in [0.717, 1.165) is 83.3 Å². The lowest BCUT2D eigenvalue weighted by molar-refractivity contribution is 0.998. The molecule has 0 N–H and O–H groups in total. The van der Waals surface area contributed by atoms with Crippen LogP contribution in [0.4, 0.5) is 0 Å². The van der Waals surface area contributed by atoms with E-state index >= 15 is 0 Å². The van der Waals surface area contributed by atoms with Gasteiger partial charge in [-0.25, -0.2) is 19.9 Å². The van der Waals surface area contributed by atoms with E-state index in [4.69, 9.17) is 19.9 Å². The first-order chi connectivity index (χ1) is 30.6. The lowest BCUT2D eigenvalue weighted by Crippen LogP contribution is -2.24. The van der Waals surface area contributed by atoms with E-state index in [2.05, 4.69) is 130 Å². The van der Waals surface area contributed by atoms with Gasteiger partial charge in [0.25, 0.3) is 0 Å². The summed E-state index contributed by atoms with van der Waals surface area (Å²) in [5, 5.41) is 0.944. The zero-order valence-corrected chi connectivity index (χ0v) is 39.7. The van der Waals surface area contributed by atoms with Gasteiger partial charge in [-0.15, -0.1) is 22.7 Å². The number of thiophene rings is 1. The highest BCUT2D eigenvalue weighted by Crippen LogP contribution is 2.40. The lowest BCUT2D eigenvalue weighted by atomic mass is 9.74. The number of rotatable bonds is 16. The molecule has 316 valence electrons. The molecule has 0 amide bonds. The standard InChI is InChI=1S/C55H56BN5S2/c1-13-21-27-35(9)52-58-53(38(18-6)23-14-2)60-54(59-52)40-30-31-49-46(34-40)57-55(63-49)41-28-22-29-42(32-41)61-47(25-16-4)37(11)45(51(61)56-12)33-39(19-7)36(10)50-44(24-15-3)43(20-8)48(62-50)26-17-5/h13-34,56H,7-8,10H2,1-6,9,11-12H3/b21-13-,23-14-,24-15-,25-16-,26-17-,35-27+,38-18+,39-33+. The number of thiazole rings is 1. The van der Waals surface area contributed by atoms with Crippen LogP contribution in [-0.4, -0.2) is 31.8 Å². The second-order valence-electron chi connectivity index (χ2n) is 14.8. The van der Waals surface area contributed by atoms with E-state index in [1.165, 1.54) is 21.6 Å². The van der Waals surface area contributed by atoms with Crippen molar-refractivity contribution in [3.05, 3.63) is 178 Å². The van der Waals surface area contributed by atoms with Gasteiger partial charge in [-0.1, -0.05) is 112 Å². The topological polar surface area (TPSA) is 56.5 Å². The van der Waals surface area contributed by atoms with Crippen LogP contribution in [0.15, 0.2) is 129 Å². The molecule has 8 heteroatoms. The number of nitrogens with zero attached hydrogens (tertiary/aromatic N) is 5. The number of fused-ring (bicyclic) bond motifs is 1. The van der Waals surface area contributed by atoms with Crippen molar-refractivity contribution in [2.75, 3.05) is 0 Å². The normalized spacial score (nSPS) is 13.0. The van der Waals surface area contributed by atoms with Gasteiger partial charge in [-0.2, -0.15) is 0 Å². The molecule has 0 atom stereocenters. The molecule has 0 aliphatic rings. The van der Waals surface area contributed by atoms with Crippen LogP contribution >= 0.6 is 22.7 Å². The Bertz CT molecular complexity index is 2970. The largest absolute Gasteiger partial charge is 0.323 e. The second kappa shape index (κ2) is 21.1. The second-order valence-corrected chi connectivity index (χ2v) is 16.9. The Morgan fingerprint density at radius 2 is 1.54 bits per heavy atom. The number of hydrogen-bond acceptors (Lipinski definition) is 6. The van der Waals surface area contributed by atoms with E-state index < -0.39 is 0 Å². The molecule has 63 heavy (non-hydrogen) atoms. The highest BCUT2D eigenvalue weighted by Gasteiger charge is 2.22. The average Bonchev–Trinajstić information content (AvgIpc) is 3.97. The number of aromatic nitrogens is 5. The van der Waals surface area contributed by atoms with Crippen LogP contribution in [-0.2, 0) is 0 Å². The highest BCUT2D eigenvalue weighted by atomic mass is 32.1. The minimum Gasteiger partial charge on any atom is -0.323 e. The first kappa shape index (κ1) is 46.0. The number of hydrogen-bond donors (Lipinski definition) is 0. The van der Waals surface area contributed by atoms with Gasteiger partial charge < -0.3 is 4.57 Å². The molecule has 0 bridgehead atoms. The summed E-state index contributed by atoms with van der Waals surface area (Å²) in [4.78, 5) is 22.2. The quantitative estimate of drug-likeness (QED) is 0.0718. The Morgan fingerprint density at radius 3 is 2.21 bits per heavy atom. The molecule has 4 aromatic heterocycles. The zero-order valence-electron chi connectivity index (χ0n) is 38.1. The Hall–Kier alpha value is -6.48. The highest BCUT2D eigenvalue weighted by molar-refractivity contribution is 7.21. The molecule has 0 saturated heterocycles. The van der Waals surface area contributed by atoms with Crippen LogP contribution in [0, 0.1) is 6.92 Å². The summed E-state index contributed by atoms with van der Waals surface area (Å²) >= 11 is 3.42. The van der Waals surface area contributed by atoms with Crippen LogP contribution < -0.4 is 5.59 Å². The fraction of sp³-hybridized carbons (Fsp3) is 0.164. The predicted octanol–water partition coefficient (Wildman–Crippen LogP) is 15.1. The van der Waals surface area contributed by atoms with Gasteiger partial charge in [-0.05, 0) is 143 Å². The molecule has 0 aliphatic carbocycles. The van der Waals surface area contributed by atoms with Gasteiger partial charge >= 0.3 is 0 Å². The molecule has 0 saturated carbocycles. The first-order valence-corrected chi connectivity index (χ1v) is 23.1. The van der Waals surface area contributed by atoms with Crippen molar-refractivity contribution in [2.24, 2.45) is 0 Å². The molecule has 0 aliphatic heterocycles. The van der Waals surface area contributed by atoms with Crippen molar-refractivity contribution >= 4 is 92.9 Å². The van der Waals surface area contributed by atoms with Crippen molar-refractivity contribution in [3.63, 3.8) is 0 Å². The molecule has 0 radical (unpaired) electrons. The van der Waals surface area contributed by atoms with Crippen molar-refractivity contribution in [3.8, 4) is 27.6 Å². The van der Waals surface area contributed by atoms with Crippen molar-refractivity contribution < 1.29 is 0 Å². The van der Waals surface area contributed by atoms with E-state index in [9.17, 15) is 0 Å². The molecular weight excluding hydrogens is 806 g/mol. The summed E-state index contributed by atoms with van der Waals surface area (Å²) < 4.78 is 3.48. The van der Waals surface area contributed by atoms with Gasteiger partial charge in [0.1, 0.15) is 5.01 Å². The fourth-order valence-corrected chi connectivity index (χ4v) is 9.82. The SMILES string of the molecule is C=C/C(=C\c1c(C)c(/C=C\C)n(-c2cccc(-c3nc4cc(-c5nc(/C(C)=C/C=C\C)nc(C(/C=C\C)=C/C)n5)ccc4s3)c2)c1BC)C(=C)c1sc(/C=C\C)c(C=C)c1/C=C\C. The maximum Gasteiger partial charge on any atom is 0.177 e. The Labute approximate surface area is 383 Å². The van der Waals surface area contributed by atoms with E-state index in [0.29, 0.717) is 17.5 Å². The van der Waals surface area contributed by atoms with Gasteiger partial charge in [0.2, 0.25) is 0 Å². The minimum absolute atomic E-state index is 0.610. The smallest absolute Gasteiger partial charge is 0.177 e. The van der Waals surface area contributed by atoms with E-state index in [-0.39, 0.29) is 0 Å². The fourth-order valence-electron chi connectivity index (χ4n) is 7.63. The lowest BCUT2D eigenvalue weighted by Gasteiger charge is -2.13. The monoisotopic (exact) mass is 861 g/mol. The summed E-state index contributed by atoms with van der Waals surface area (Å²) in [6, 6.07) is 15.0. The molecule has 2 aromatic carbocycles. The molecule has 0 fully saturated rings. The summed E-state index contributed by atoms with van der Waals surface area (Å²) in [7, 11) is 0.819. The predicted molar refractivity (Wildman–Crippen MR) is 283 cm³/mol. The molecular formula is C55H56BN5S2. The summed E-state index contributed by atoms with van der Waals surface area (Å²) in [6.45, 7) is 31.7. The number of allylic oxidation sites excluding steroid dienone is 14. The Balaban J connectivity index is 1.44. The zero-order chi connectivity index (χ0) is 45.2. The van der Waals surface area contributed by atoms with Crippen LogP contribution in [0.25, 0.3) is 85.0 Å². The van der Waals surface area contributed by atoms with Crippen molar-refractivity contribution in [2.45, 2.75) is 62.2 Å². The summed E-state index contributed by atoms with van der Waals surface area (Å²) in [6.07, 6.45) is 31.0. The van der Waals surface area contributed by atoms with Gasteiger partial charge in [0.05, 0.1) is 10.2 Å². The third-order valence-corrected chi connectivity index (χ3v) is 13.1. The van der Waals surface area contributed by atoms with Crippen molar-refractivity contribution in [1.29, 1.82) is 0 Å². The molecule has 5 nitrogen and oxygen atoms in total. The Kier molecular flexibility index (Phi) is 15.4. The van der Waals surface area contributed by atoms with Gasteiger partial charge in [0, 0.05) is 43.4 Å². The van der Waals surface area contributed by atoms with E-state index in [1.54, 1.807) is 22.7 Å². The van der Waals surface area contributed by atoms with Crippen molar-refractivity contribution in [1.82, 2.24) is 24.5 Å². The maximum absolute atomic E-state index is 5.21. The molecule has 6 rings (SSSR count). The van der Waals surface area contributed by atoms with Crippen LogP contribution in [0.2, 0.25) is 6.82 Å². The third kappa shape index (κ3) is 9.63. The minimum atomic E-state index is 0.610. The molecule has 0 unspecified atom stereocenters. The van der Waals surface area contributed by atoms with Gasteiger partial charge in [-0.3, -0.25) is 0 Å². The van der Waals surface area contributed by atoms with Gasteiger partial charge in [0.15, 0.2) is 24.8 Å². The van der Waals surface area contributed by atoms with E-state index in [1.807, 2.05) is 90.2 Å². The van der Waals surface area contributed by atoms with Crippen LogP contribution in [0.5, 0.6) is 0 Å². The average molecular weight is 862 g/mol. The summed E-state index contributed by atoms with van der Waals surface area (Å²) in [5.41, 5.74) is 14.7. The summed E-state index contributed by atoms with van der Waals surface area (Å²) in [5.74, 6) is 1.89. The molecule has 6 aromatic rings. The molecule has 0 spiro atoms. The Morgan fingerprint density at radius 1 is 0.778 bits per heavy atom. The number of benzene rings is 2.